The van der Waals surface area contributed by atoms with Crippen LogP contribution in [0.5, 0.6) is 0 Å². The topological polar surface area (TPSA) is 12.9 Å². The summed E-state index contributed by atoms with van der Waals surface area (Å²) in [5.74, 6) is 0.486. The molecule has 0 fully saturated rings. The third-order valence-electron chi connectivity index (χ3n) is 4.80. The minimum atomic E-state index is 0.486. The van der Waals surface area contributed by atoms with Crippen LogP contribution in [0.25, 0.3) is 0 Å². The Hall–Kier alpha value is -1.15. The average Bonchev–Trinajstić information content (AvgIpc) is 3.15. The minimum absolute atomic E-state index is 0.486. The Kier molecular flexibility index (Phi) is 9.79. The van der Waals surface area contributed by atoms with E-state index < -0.39 is 0 Å². The van der Waals surface area contributed by atoms with E-state index in [0.29, 0.717) is 5.92 Å². The first-order valence-electron chi connectivity index (χ1n) is 9.86. The number of thiazole rings is 1. The maximum atomic E-state index is 4.58. The molecule has 1 aromatic heterocycles. The van der Waals surface area contributed by atoms with E-state index in [1.807, 2.05) is 6.20 Å². The van der Waals surface area contributed by atoms with E-state index in [2.05, 4.69) is 47.6 Å². The molecule has 24 heavy (non-hydrogen) atoms. The number of nitrogens with zero attached hydrogens (tertiary/aromatic N) is 1. The molecule has 2 heteroatoms. The monoisotopic (exact) mass is 343 g/mol. The van der Waals surface area contributed by atoms with Gasteiger partial charge in [-0.25, -0.2) is 4.98 Å². The zero-order valence-electron chi connectivity index (χ0n) is 15.3. The lowest BCUT2D eigenvalue weighted by Gasteiger charge is -2.15. The van der Waals surface area contributed by atoms with Crippen molar-refractivity contribution in [2.24, 2.45) is 0 Å². The van der Waals surface area contributed by atoms with Crippen molar-refractivity contribution in [1.29, 1.82) is 0 Å². The van der Waals surface area contributed by atoms with Crippen LogP contribution in [0.4, 0.5) is 0 Å². The van der Waals surface area contributed by atoms with Gasteiger partial charge in [-0.2, -0.15) is 0 Å². The Balaban J connectivity index is 1.64. The zero-order valence-corrected chi connectivity index (χ0v) is 16.1. The van der Waals surface area contributed by atoms with Gasteiger partial charge in [0, 0.05) is 17.5 Å². The molecule has 0 spiro atoms. The van der Waals surface area contributed by atoms with Crippen molar-refractivity contribution < 1.29 is 0 Å². The molecule has 0 N–H and O–H groups in total. The molecular formula is C22H33NS. The van der Waals surface area contributed by atoms with Crippen LogP contribution in [0.2, 0.25) is 0 Å². The molecule has 132 valence electrons. The highest BCUT2D eigenvalue weighted by Gasteiger charge is 2.15. The van der Waals surface area contributed by atoms with Gasteiger partial charge in [-0.15, -0.1) is 11.3 Å². The summed E-state index contributed by atoms with van der Waals surface area (Å²) in [7, 11) is 0. The summed E-state index contributed by atoms with van der Waals surface area (Å²) in [5.41, 5.74) is 1.42. The van der Waals surface area contributed by atoms with E-state index in [1.54, 1.807) is 11.3 Å². The number of hydrogen-bond donors (Lipinski definition) is 0. The molecule has 0 aliphatic carbocycles. The maximum Gasteiger partial charge on any atom is 0.0999 e. The highest BCUT2D eigenvalue weighted by molar-refractivity contribution is 7.09. The maximum absolute atomic E-state index is 4.58. The molecular weight excluding hydrogens is 310 g/mol. The van der Waals surface area contributed by atoms with E-state index in [9.17, 15) is 0 Å². The summed E-state index contributed by atoms with van der Waals surface area (Å²) in [6.07, 6.45) is 17.2. The molecule has 0 saturated heterocycles. The molecule has 1 nitrogen and oxygen atoms in total. The van der Waals surface area contributed by atoms with Gasteiger partial charge < -0.3 is 0 Å². The lowest BCUT2D eigenvalue weighted by molar-refractivity contribution is 0.540. The van der Waals surface area contributed by atoms with Gasteiger partial charge in [-0.05, 0) is 12.0 Å². The number of rotatable bonds is 13. The van der Waals surface area contributed by atoms with E-state index in [4.69, 9.17) is 0 Å². The molecule has 0 saturated carbocycles. The number of hydrogen-bond acceptors (Lipinski definition) is 2. The molecule has 0 aliphatic rings. The highest BCUT2D eigenvalue weighted by Crippen LogP contribution is 2.31. The van der Waals surface area contributed by atoms with Gasteiger partial charge in [-0.3, -0.25) is 0 Å². The third kappa shape index (κ3) is 7.17. The summed E-state index contributed by atoms with van der Waals surface area (Å²) in [6.45, 7) is 2.29. The van der Waals surface area contributed by atoms with Gasteiger partial charge in [0.05, 0.1) is 5.01 Å². The van der Waals surface area contributed by atoms with Crippen LogP contribution in [0.3, 0.4) is 0 Å². The molecule has 1 heterocycles. The van der Waals surface area contributed by atoms with E-state index in [0.717, 1.165) is 0 Å². The molecule has 1 unspecified atom stereocenters. The zero-order chi connectivity index (χ0) is 16.9. The van der Waals surface area contributed by atoms with Crippen LogP contribution >= 0.6 is 11.3 Å². The van der Waals surface area contributed by atoms with Gasteiger partial charge in [0.15, 0.2) is 0 Å². The summed E-state index contributed by atoms with van der Waals surface area (Å²) >= 11 is 1.80. The summed E-state index contributed by atoms with van der Waals surface area (Å²) < 4.78 is 0. The van der Waals surface area contributed by atoms with E-state index >= 15 is 0 Å². The summed E-state index contributed by atoms with van der Waals surface area (Å²) in [4.78, 5) is 4.58. The lowest BCUT2D eigenvalue weighted by Crippen LogP contribution is -2.00. The lowest BCUT2D eigenvalue weighted by atomic mass is 9.93. The number of unbranched alkanes of at least 4 members (excludes halogenated alkanes) is 9. The fourth-order valence-corrected chi connectivity index (χ4v) is 4.16. The standard InChI is InChI=1S/C22H33NS/c1-2-3-4-5-6-7-8-9-10-14-17-21(22-23-18-19-24-22)20-15-12-11-13-16-20/h11-13,15-16,18-19,21H,2-10,14,17H2,1H3. The molecule has 1 atom stereocenters. The fourth-order valence-electron chi connectivity index (χ4n) is 3.36. The molecule has 1 aromatic carbocycles. The minimum Gasteiger partial charge on any atom is -0.249 e. The first kappa shape index (κ1) is 19.2. The van der Waals surface area contributed by atoms with Crippen LogP contribution in [0.1, 0.15) is 94.0 Å². The molecule has 0 radical (unpaired) electrons. The quantitative estimate of drug-likeness (QED) is 0.341. The van der Waals surface area contributed by atoms with Crippen molar-refractivity contribution in [3.63, 3.8) is 0 Å². The number of aromatic nitrogens is 1. The smallest absolute Gasteiger partial charge is 0.0999 e. The largest absolute Gasteiger partial charge is 0.249 e. The van der Waals surface area contributed by atoms with Crippen LogP contribution < -0.4 is 0 Å². The second-order valence-electron chi connectivity index (χ2n) is 6.80. The average molecular weight is 344 g/mol. The first-order valence-corrected chi connectivity index (χ1v) is 10.7. The van der Waals surface area contributed by atoms with Crippen LogP contribution in [0, 0.1) is 0 Å². The van der Waals surface area contributed by atoms with E-state index in [-0.39, 0.29) is 0 Å². The van der Waals surface area contributed by atoms with Crippen molar-refractivity contribution >= 4 is 11.3 Å². The van der Waals surface area contributed by atoms with Gasteiger partial charge in [0.1, 0.15) is 0 Å². The molecule has 2 aromatic rings. The molecule has 0 amide bonds. The van der Waals surface area contributed by atoms with Crippen molar-refractivity contribution in [2.45, 2.75) is 83.5 Å². The van der Waals surface area contributed by atoms with Crippen LogP contribution in [-0.4, -0.2) is 4.98 Å². The first-order chi connectivity index (χ1) is 11.9. The van der Waals surface area contributed by atoms with Gasteiger partial charge in [0.2, 0.25) is 0 Å². The Bertz CT molecular complexity index is 506. The van der Waals surface area contributed by atoms with E-state index in [1.165, 1.54) is 81.2 Å². The van der Waals surface area contributed by atoms with Gasteiger partial charge in [0.25, 0.3) is 0 Å². The van der Waals surface area contributed by atoms with Gasteiger partial charge >= 0.3 is 0 Å². The SMILES string of the molecule is CCCCCCCCCCCCC(c1ccccc1)c1nccs1. The second-order valence-corrected chi connectivity index (χ2v) is 7.73. The van der Waals surface area contributed by atoms with Gasteiger partial charge in [-0.1, -0.05) is 101 Å². The number of benzene rings is 1. The molecule has 0 bridgehead atoms. The Morgan fingerprint density at radius 3 is 2.04 bits per heavy atom. The molecule has 2 rings (SSSR count). The highest BCUT2D eigenvalue weighted by atomic mass is 32.1. The third-order valence-corrected chi connectivity index (χ3v) is 5.69. The summed E-state index contributed by atoms with van der Waals surface area (Å²) in [5, 5.41) is 3.38. The fraction of sp³-hybridized carbons (Fsp3) is 0.591. The molecule has 0 aliphatic heterocycles. The summed E-state index contributed by atoms with van der Waals surface area (Å²) in [6, 6.07) is 10.9. The normalized spacial score (nSPS) is 12.4. The Morgan fingerprint density at radius 2 is 1.46 bits per heavy atom. The van der Waals surface area contributed by atoms with Crippen molar-refractivity contribution in [1.82, 2.24) is 4.98 Å². The predicted molar refractivity (Wildman–Crippen MR) is 107 cm³/mol. The Labute approximate surface area is 152 Å². The second kappa shape index (κ2) is 12.2. The van der Waals surface area contributed by atoms with Crippen LogP contribution in [0.15, 0.2) is 41.9 Å². The van der Waals surface area contributed by atoms with Crippen LogP contribution in [-0.2, 0) is 0 Å². The Morgan fingerprint density at radius 1 is 0.833 bits per heavy atom. The van der Waals surface area contributed by atoms with Crippen molar-refractivity contribution in [2.75, 3.05) is 0 Å². The van der Waals surface area contributed by atoms with Crippen molar-refractivity contribution in [3.05, 3.63) is 52.5 Å². The predicted octanol–water partition coefficient (Wildman–Crippen LogP) is 7.59. The van der Waals surface area contributed by atoms with Crippen molar-refractivity contribution in [3.8, 4) is 0 Å².